The Morgan fingerprint density at radius 2 is 2.20 bits per heavy atom. The van der Waals surface area contributed by atoms with Crippen molar-refractivity contribution in [2.24, 2.45) is 5.92 Å². The molecule has 1 aromatic heterocycles. The third-order valence-electron chi connectivity index (χ3n) is 2.55. The zero-order chi connectivity index (χ0) is 10.8. The largest absolute Gasteiger partial charge is 0.355 e. The van der Waals surface area contributed by atoms with Gasteiger partial charge in [-0.15, -0.1) is 0 Å². The highest BCUT2D eigenvalue weighted by molar-refractivity contribution is 6.33. The summed E-state index contributed by atoms with van der Waals surface area (Å²) >= 11 is 11.8. The van der Waals surface area contributed by atoms with Gasteiger partial charge in [-0.05, 0) is 37.3 Å². The first-order valence-electron chi connectivity index (χ1n) is 5.13. The Bertz CT molecular complexity index is 353. The highest BCUT2D eigenvalue weighted by atomic mass is 35.5. The summed E-state index contributed by atoms with van der Waals surface area (Å²) in [6.07, 6.45) is 4.18. The van der Waals surface area contributed by atoms with E-state index in [9.17, 15) is 0 Å². The van der Waals surface area contributed by atoms with Gasteiger partial charge in [0.15, 0.2) is 5.82 Å². The first kappa shape index (κ1) is 11.0. The number of hydrogen-bond acceptors (Lipinski definition) is 3. The molecule has 1 heterocycles. The summed E-state index contributed by atoms with van der Waals surface area (Å²) in [4.78, 5) is 10.2. The minimum Gasteiger partial charge on any atom is -0.355 e. The van der Waals surface area contributed by atoms with Crippen molar-refractivity contribution in [3.05, 3.63) is 16.5 Å². The van der Waals surface area contributed by atoms with E-state index in [4.69, 9.17) is 23.2 Å². The van der Waals surface area contributed by atoms with Crippen LogP contribution < -0.4 is 4.90 Å². The number of aromatic nitrogens is 2. The van der Waals surface area contributed by atoms with Crippen LogP contribution in [0.25, 0.3) is 0 Å². The van der Waals surface area contributed by atoms with Gasteiger partial charge in [0.2, 0.25) is 5.28 Å². The molecule has 0 N–H and O–H groups in total. The summed E-state index contributed by atoms with van der Waals surface area (Å²) in [5.41, 5.74) is 0. The molecule has 1 aliphatic carbocycles. The number of rotatable bonds is 4. The maximum absolute atomic E-state index is 6.05. The second-order valence-corrected chi connectivity index (χ2v) is 4.54. The van der Waals surface area contributed by atoms with Crippen LogP contribution in [0, 0.1) is 5.92 Å². The third kappa shape index (κ3) is 2.73. The fraction of sp³-hybridized carbons (Fsp3) is 0.600. The first-order chi connectivity index (χ1) is 7.20. The molecule has 0 spiro atoms. The smallest absolute Gasteiger partial charge is 0.224 e. The van der Waals surface area contributed by atoms with E-state index >= 15 is 0 Å². The van der Waals surface area contributed by atoms with Gasteiger partial charge in [0, 0.05) is 13.1 Å². The Balaban J connectivity index is 2.19. The van der Waals surface area contributed by atoms with Crippen LogP contribution in [0.1, 0.15) is 19.8 Å². The van der Waals surface area contributed by atoms with Gasteiger partial charge in [-0.2, -0.15) is 4.98 Å². The van der Waals surface area contributed by atoms with Crippen LogP contribution in [0.2, 0.25) is 10.3 Å². The van der Waals surface area contributed by atoms with Crippen molar-refractivity contribution in [3.8, 4) is 0 Å². The van der Waals surface area contributed by atoms with Crippen molar-refractivity contribution < 1.29 is 0 Å². The van der Waals surface area contributed by atoms with Crippen LogP contribution in [0.3, 0.4) is 0 Å². The molecule has 0 radical (unpaired) electrons. The Kier molecular flexibility index (Phi) is 3.32. The van der Waals surface area contributed by atoms with Crippen LogP contribution in [0.15, 0.2) is 6.20 Å². The lowest BCUT2D eigenvalue weighted by Crippen LogP contribution is -2.26. The number of nitrogens with zero attached hydrogens (tertiary/aromatic N) is 3. The van der Waals surface area contributed by atoms with Gasteiger partial charge in [-0.1, -0.05) is 11.6 Å². The fourth-order valence-electron chi connectivity index (χ4n) is 1.54. The lowest BCUT2D eigenvalue weighted by Gasteiger charge is -2.22. The first-order valence-corrected chi connectivity index (χ1v) is 5.89. The van der Waals surface area contributed by atoms with Crippen molar-refractivity contribution in [1.29, 1.82) is 0 Å². The van der Waals surface area contributed by atoms with Crippen molar-refractivity contribution in [3.63, 3.8) is 0 Å². The van der Waals surface area contributed by atoms with E-state index in [-0.39, 0.29) is 5.28 Å². The summed E-state index contributed by atoms with van der Waals surface area (Å²) in [6, 6.07) is 0. The van der Waals surface area contributed by atoms with E-state index in [1.165, 1.54) is 12.8 Å². The average molecular weight is 246 g/mol. The Morgan fingerprint density at radius 3 is 2.80 bits per heavy atom. The molecule has 1 saturated carbocycles. The number of halogens is 2. The maximum Gasteiger partial charge on any atom is 0.224 e. The van der Waals surface area contributed by atoms with Gasteiger partial charge in [0.25, 0.3) is 0 Å². The van der Waals surface area contributed by atoms with Crippen molar-refractivity contribution >= 4 is 29.0 Å². The summed E-state index contributed by atoms with van der Waals surface area (Å²) < 4.78 is 0. The van der Waals surface area contributed by atoms with Crippen LogP contribution in [0.4, 0.5) is 5.82 Å². The topological polar surface area (TPSA) is 29.0 Å². The second kappa shape index (κ2) is 4.54. The zero-order valence-electron chi connectivity index (χ0n) is 8.58. The molecule has 82 valence electrons. The van der Waals surface area contributed by atoms with E-state index in [0.29, 0.717) is 5.02 Å². The van der Waals surface area contributed by atoms with Crippen LogP contribution >= 0.6 is 23.2 Å². The van der Waals surface area contributed by atoms with E-state index < -0.39 is 0 Å². The standard InChI is InChI=1S/C10H13Cl2N3/c1-2-15(6-7-3-4-7)9-8(11)5-13-10(12)14-9/h5,7H,2-4,6H2,1H3. The molecule has 0 saturated heterocycles. The molecule has 0 aromatic carbocycles. The lowest BCUT2D eigenvalue weighted by atomic mass is 10.3. The van der Waals surface area contributed by atoms with Crippen LogP contribution in [0.5, 0.6) is 0 Å². The number of hydrogen-bond donors (Lipinski definition) is 0. The molecule has 0 bridgehead atoms. The molecule has 0 atom stereocenters. The van der Waals surface area contributed by atoms with E-state index in [0.717, 1.165) is 24.8 Å². The lowest BCUT2D eigenvalue weighted by molar-refractivity contribution is 0.730. The third-order valence-corrected chi connectivity index (χ3v) is 3.00. The SMILES string of the molecule is CCN(CC1CC1)c1nc(Cl)ncc1Cl. The molecule has 15 heavy (non-hydrogen) atoms. The molecule has 0 aliphatic heterocycles. The molecule has 1 aromatic rings. The molecule has 0 amide bonds. The maximum atomic E-state index is 6.05. The second-order valence-electron chi connectivity index (χ2n) is 3.79. The Morgan fingerprint density at radius 1 is 1.47 bits per heavy atom. The normalized spacial score (nSPS) is 15.4. The molecule has 1 aliphatic rings. The average Bonchev–Trinajstić information content (AvgIpc) is 3.02. The highest BCUT2D eigenvalue weighted by Gasteiger charge is 2.25. The van der Waals surface area contributed by atoms with Crippen molar-refractivity contribution in [1.82, 2.24) is 9.97 Å². The summed E-state index contributed by atoms with van der Waals surface area (Å²) in [5, 5.41) is 0.825. The molecule has 2 rings (SSSR count). The highest BCUT2D eigenvalue weighted by Crippen LogP contribution is 2.32. The van der Waals surface area contributed by atoms with Crippen molar-refractivity contribution in [2.45, 2.75) is 19.8 Å². The minimum absolute atomic E-state index is 0.253. The molecule has 0 unspecified atom stereocenters. The monoisotopic (exact) mass is 245 g/mol. The quantitative estimate of drug-likeness (QED) is 0.764. The number of anilines is 1. The predicted molar refractivity (Wildman–Crippen MR) is 62.7 cm³/mol. The van der Waals surface area contributed by atoms with Gasteiger partial charge >= 0.3 is 0 Å². The minimum atomic E-state index is 0.253. The van der Waals surface area contributed by atoms with Crippen molar-refractivity contribution in [2.75, 3.05) is 18.0 Å². The van der Waals surface area contributed by atoms with E-state index in [1.54, 1.807) is 6.20 Å². The van der Waals surface area contributed by atoms with Gasteiger partial charge in [-0.3, -0.25) is 0 Å². The summed E-state index contributed by atoms with van der Waals surface area (Å²) in [7, 11) is 0. The van der Waals surface area contributed by atoms with Gasteiger partial charge in [-0.25, -0.2) is 4.98 Å². The van der Waals surface area contributed by atoms with E-state index in [2.05, 4.69) is 21.8 Å². The zero-order valence-corrected chi connectivity index (χ0v) is 10.1. The van der Waals surface area contributed by atoms with Gasteiger partial charge in [0.1, 0.15) is 5.02 Å². The molecular formula is C10H13Cl2N3. The predicted octanol–water partition coefficient (Wildman–Crippen LogP) is 3.02. The van der Waals surface area contributed by atoms with E-state index in [1.807, 2.05) is 0 Å². The molecular weight excluding hydrogens is 233 g/mol. The summed E-state index contributed by atoms with van der Waals surface area (Å²) in [5.74, 6) is 1.56. The fourth-order valence-corrected chi connectivity index (χ4v) is 1.88. The van der Waals surface area contributed by atoms with Gasteiger partial charge in [0.05, 0.1) is 6.20 Å². The van der Waals surface area contributed by atoms with Crippen LogP contribution in [-0.2, 0) is 0 Å². The molecule has 1 fully saturated rings. The molecule has 3 nitrogen and oxygen atoms in total. The Hall–Kier alpha value is -0.540. The van der Waals surface area contributed by atoms with Crippen LogP contribution in [-0.4, -0.2) is 23.1 Å². The van der Waals surface area contributed by atoms with Gasteiger partial charge < -0.3 is 4.90 Å². The Labute approximate surface area is 99.4 Å². The molecule has 5 heteroatoms. The summed E-state index contributed by atoms with van der Waals surface area (Å²) in [6.45, 7) is 4.00.